The summed E-state index contributed by atoms with van der Waals surface area (Å²) in [6.07, 6.45) is 0.628. The van der Waals surface area contributed by atoms with Crippen LogP contribution in [0.15, 0.2) is 28.8 Å². The van der Waals surface area contributed by atoms with Crippen molar-refractivity contribution in [2.24, 2.45) is 0 Å². The van der Waals surface area contributed by atoms with Gasteiger partial charge in [0.1, 0.15) is 17.8 Å². The van der Waals surface area contributed by atoms with E-state index >= 15 is 0 Å². The SMILES string of the molecule is O=C1O[C@@H]2C[C@@H]1N(C(=O)Cc1noc3ccccc13)C2. The number of morpholine rings is 1. The molecule has 6 heteroatoms. The van der Waals surface area contributed by atoms with E-state index in [1.165, 1.54) is 0 Å². The highest BCUT2D eigenvalue weighted by molar-refractivity contribution is 5.90. The second-order valence-corrected chi connectivity index (χ2v) is 5.16. The Bertz CT molecular complexity index is 708. The van der Waals surface area contributed by atoms with Crippen molar-refractivity contribution < 1.29 is 18.8 Å². The van der Waals surface area contributed by atoms with Crippen LogP contribution in [-0.2, 0) is 20.7 Å². The van der Waals surface area contributed by atoms with Crippen LogP contribution in [0.4, 0.5) is 0 Å². The normalized spacial score (nSPS) is 24.4. The highest BCUT2D eigenvalue weighted by atomic mass is 16.6. The third-order valence-electron chi connectivity index (χ3n) is 3.91. The zero-order valence-corrected chi connectivity index (χ0v) is 10.6. The molecule has 2 atom stereocenters. The fourth-order valence-electron chi connectivity index (χ4n) is 2.94. The molecule has 2 aliphatic rings. The van der Waals surface area contributed by atoms with Crippen LogP contribution in [0.5, 0.6) is 0 Å². The lowest BCUT2D eigenvalue weighted by Gasteiger charge is -2.25. The second kappa shape index (κ2) is 4.06. The number of nitrogens with zero attached hydrogens (tertiary/aromatic N) is 2. The van der Waals surface area contributed by atoms with E-state index in [1.54, 1.807) is 4.90 Å². The summed E-state index contributed by atoms with van der Waals surface area (Å²) in [6.45, 7) is 0.491. The van der Waals surface area contributed by atoms with Crippen LogP contribution in [0, 0.1) is 0 Å². The number of hydrogen-bond acceptors (Lipinski definition) is 5. The molecule has 2 aliphatic heterocycles. The summed E-state index contributed by atoms with van der Waals surface area (Å²) in [4.78, 5) is 25.4. The number of fused-ring (bicyclic) bond motifs is 3. The highest BCUT2D eigenvalue weighted by Gasteiger charge is 2.48. The largest absolute Gasteiger partial charge is 0.459 e. The average Bonchev–Trinajstić information content (AvgIpc) is 3.12. The maximum atomic E-state index is 12.3. The molecule has 102 valence electrons. The third kappa shape index (κ3) is 1.61. The maximum Gasteiger partial charge on any atom is 0.329 e. The van der Waals surface area contributed by atoms with Gasteiger partial charge in [-0.15, -0.1) is 0 Å². The van der Waals surface area contributed by atoms with Crippen molar-refractivity contribution in [3.63, 3.8) is 0 Å². The van der Waals surface area contributed by atoms with Gasteiger partial charge in [-0.1, -0.05) is 17.3 Å². The van der Waals surface area contributed by atoms with Gasteiger partial charge < -0.3 is 14.2 Å². The fraction of sp³-hybridized carbons (Fsp3) is 0.357. The van der Waals surface area contributed by atoms with E-state index in [0.717, 1.165) is 5.39 Å². The van der Waals surface area contributed by atoms with Crippen molar-refractivity contribution in [2.75, 3.05) is 6.54 Å². The van der Waals surface area contributed by atoms with Crippen LogP contribution in [-0.4, -0.2) is 40.6 Å². The summed E-state index contributed by atoms with van der Waals surface area (Å²) in [5.74, 6) is -0.396. The van der Waals surface area contributed by atoms with Gasteiger partial charge in [-0.05, 0) is 12.1 Å². The zero-order chi connectivity index (χ0) is 13.7. The average molecular weight is 272 g/mol. The molecule has 3 heterocycles. The first-order valence-corrected chi connectivity index (χ1v) is 6.55. The van der Waals surface area contributed by atoms with E-state index in [4.69, 9.17) is 9.26 Å². The van der Waals surface area contributed by atoms with Crippen LogP contribution in [0.1, 0.15) is 12.1 Å². The van der Waals surface area contributed by atoms with Gasteiger partial charge in [0.2, 0.25) is 5.91 Å². The Morgan fingerprint density at radius 1 is 1.40 bits per heavy atom. The van der Waals surface area contributed by atoms with Crippen LogP contribution in [0.25, 0.3) is 11.0 Å². The number of carbonyl (C=O) groups is 2. The molecular weight excluding hydrogens is 260 g/mol. The number of aromatic nitrogens is 1. The number of likely N-dealkylation sites (tertiary alicyclic amines) is 1. The number of rotatable bonds is 2. The Morgan fingerprint density at radius 2 is 2.25 bits per heavy atom. The fourth-order valence-corrected chi connectivity index (χ4v) is 2.94. The van der Waals surface area contributed by atoms with E-state index in [-0.39, 0.29) is 24.4 Å². The summed E-state index contributed by atoms with van der Waals surface area (Å²) in [5.41, 5.74) is 1.28. The molecule has 0 N–H and O–H groups in total. The molecule has 1 aromatic heterocycles. The summed E-state index contributed by atoms with van der Waals surface area (Å²) in [5, 5.41) is 4.79. The van der Waals surface area contributed by atoms with Crippen molar-refractivity contribution in [1.82, 2.24) is 10.1 Å². The molecule has 0 aliphatic carbocycles. The molecule has 2 aromatic rings. The number of benzene rings is 1. The predicted octanol–water partition coefficient (Wildman–Crippen LogP) is 0.897. The van der Waals surface area contributed by atoms with Crippen LogP contribution in [0.3, 0.4) is 0 Å². The van der Waals surface area contributed by atoms with Gasteiger partial charge >= 0.3 is 5.97 Å². The van der Waals surface area contributed by atoms with Gasteiger partial charge in [0.05, 0.1) is 13.0 Å². The quantitative estimate of drug-likeness (QED) is 0.759. The number of amides is 1. The Morgan fingerprint density at radius 3 is 3.05 bits per heavy atom. The van der Waals surface area contributed by atoms with Crippen molar-refractivity contribution >= 4 is 22.8 Å². The first kappa shape index (κ1) is 11.5. The van der Waals surface area contributed by atoms with Crippen LogP contribution in [0.2, 0.25) is 0 Å². The monoisotopic (exact) mass is 272 g/mol. The minimum absolute atomic E-state index is 0.104. The van der Waals surface area contributed by atoms with Gasteiger partial charge in [0.25, 0.3) is 0 Å². The number of ether oxygens (including phenoxy) is 1. The molecule has 0 spiro atoms. The lowest BCUT2D eigenvalue weighted by atomic mass is 10.1. The zero-order valence-electron chi connectivity index (χ0n) is 10.6. The van der Waals surface area contributed by atoms with Gasteiger partial charge in [0.15, 0.2) is 5.58 Å². The van der Waals surface area contributed by atoms with Crippen molar-refractivity contribution in [1.29, 1.82) is 0 Å². The van der Waals surface area contributed by atoms with Gasteiger partial charge in [-0.25, -0.2) is 4.79 Å². The number of para-hydroxylation sites is 1. The van der Waals surface area contributed by atoms with Crippen LogP contribution >= 0.6 is 0 Å². The van der Waals surface area contributed by atoms with Crippen molar-refractivity contribution in [3.8, 4) is 0 Å². The maximum absolute atomic E-state index is 12.3. The van der Waals surface area contributed by atoms with Crippen LogP contribution < -0.4 is 0 Å². The summed E-state index contributed by atoms with van der Waals surface area (Å²) in [6, 6.07) is 7.01. The third-order valence-corrected chi connectivity index (χ3v) is 3.91. The molecule has 0 saturated carbocycles. The van der Waals surface area contributed by atoms with Gasteiger partial charge in [0, 0.05) is 11.8 Å². The molecule has 6 nitrogen and oxygen atoms in total. The predicted molar refractivity (Wildman–Crippen MR) is 67.7 cm³/mol. The topological polar surface area (TPSA) is 72.6 Å². The molecule has 2 bridgehead atoms. The molecule has 2 saturated heterocycles. The minimum Gasteiger partial charge on any atom is -0.459 e. The molecule has 1 amide bonds. The molecular formula is C14H12N2O4. The van der Waals surface area contributed by atoms with Gasteiger partial charge in [-0.3, -0.25) is 4.79 Å². The minimum atomic E-state index is -0.411. The Kier molecular flexibility index (Phi) is 2.33. The Hall–Kier alpha value is -2.37. The van der Waals surface area contributed by atoms with Gasteiger partial charge in [-0.2, -0.15) is 0 Å². The first-order chi connectivity index (χ1) is 9.72. The van der Waals surface area contributed by atoms with E-state index in [0.29, 0.717) is 24.2 Å². The molecule has 20 heavy (non-hydrogen) atoms. The van der Waals surface area contributed by atoms with Crippen molar-refractivity contribution in [2.45, 2.75) is 25.0 Å². The number of esters is 1. The molecule has 1 aromatic carbocycles. The van der Waals surface area contributed by atoms with E-state index in [9.17, 15) is 9.59 Å². The summed E-state index contributed by atoms with van der Waals surface area (Å²) < 4.78 is 10.3. The van der Waals surface area contributed by atoms with E-state index in [1.807, 2.05) is 24.3 Å². The smallest absolute Gasteiger partial charge is 0.329 e. The Balaban J connectivity index is 1.57. The lowest BCUT2D eigenvalue weighted by Crippen LogP contribution is -2.45. The van der Waals surface area contributed by atoms with E-state index in [2.05, 4.69) is 5.16 Å². The summed E-state index contributed by atoms with van der Waals surface area (Å²) >= 11 is 0. The standard InChI is InChI=1S/C14H12N2O4/c17-13(16-7-8-5-11(16)14(18)19-8)6-10-9-3-1-2-4-12(9)20-15-10/h1-4,8,11H,5-7H2/t8-,11+/m1/s1. The van der Waals surface area contributed by atoms with Crippen molar-refractivity contribution in [3.05, 3.63) is 30.0 Å². The van der Waals surface area contributed by atoms with E-state index < -0.39 is 6.04 Å². The lowest BCUT2D eigenvalue weighted by molar-refractivity contribution is -0.156. The highest BCUT2D eigenvalue weighted by Crippen LogP contribution is 2.30. The second-order valence-electron chi connectivity index (χ2n) is 5.16. The number of carbonyl (C=O) groups excluding carboxylic acids is 2. The molecule has 0 radical (unpaired) electrons. The molecule has 0 unspecified atom stereocenters. The number of hydrogen-bond donors (Lipinski definition) is 0. The summed E-state index contributed by atoms with van der Waals surface area (Å²) in [7, 11) is 0. The molecule has 2 fully saturated rings. The first-order valence-electron chi connectivity index (χ1n) is 6.55. The Labute approximate surface area is 114 Å². The molecule has 4 rings (SSSR count).